The molecule has 0 saturated carbocycles. The lowest BCUT2D eigenvalue weighted by Crippen LogP contribution is -2.30. The van der Waals surface area contributed by atoms with Crippen molar-refractivity contribution in [2.75, 3.05) is 17.8 Å². The number of hydrogen-bond acceptors (Lipinski definition) is 6. The van der Waals surface area contributed by atoms with E-state index in [2.05, 4.69) is 4.98 Å². The average molecular weight is 467 g/mol. The van der Waals surface area contributed by atoms with Gasteiger partial charge in [-0.25, -0.2) is 13.4 Å². The second-order valence-corrected chi connectivity index (χ2v) is 10.4. The average Bonchev–Trinajstić information content (AvgIpc) is 3.25. The zero-order chi connectivity index (χ0) is 22.7. The number of hydrogen-bond donors (Lipinski definition) is 0. The summed E-state index contributed by atoms with van der Waals surface area (Å²) in [4.78, 5) is 20.0. The molecule has 0 aliphatic heterocycles. The van der Waals surface area contributed by atoms with Crippen LogP contribution in [0.4, 0.5) is 5.13 Å². The van der Waals surface area contributed by atoms with Crippen LogP contribution in [0.25, 0.3) is 10.2 Å². The van der Waals surface area contributed by atoms with Gasteiger partial charge in [-0.1, -0.05) is 54.7 Å². The number of aromatic nitrogens is 1. The fraction of sp³-hybridized carbons (Fsp3) is 0.167. The number of nitrogens with zero attached hydrogens (tertiary/aromatic N) is 2. The second kappa shape index (κ2) is 9.10. The maximum Gasteiger partial charge on any atom is 0.260 e. The number of fused-ring (bicyclic) bond motifs is 1. The highest BCUT2D eigenvalue weighted by atomic mass is 32.2. The van der Waals surface area contributed by atoms with Gasteiger partial charge in [-0.05, 0) is 42.0 Å². The highest BCUT2D eigenvalue weighted by Crippen LogP contribution is 2.33. The van der Waals surface area contributed by atoms with E-state index in [0.29, 0.717) is 23.0 Å². The molecule has 0 saturated heterocycles. The molecule has 0 bridgehead atoms. The van der Waals surface area contributed by atoms with E-state index in [0.717, 1.165) is 15.8 Å². The van der Waals surface area contributed by atoms with Crippen LogP contribution < -0.4 is 9.64 Å². The smallest absolute Gasteiger partial charge is 0.260 e. The fourth-order valence-corrected chi connectivity index (χ4v) is 5.19. The summed E-state index contributed by atoms with van der Waals surface area (Å²) in [6.45, 7) is 1.89. The minimum atomic E-state index is -3.43. The van der Waals surface area contributed by atoms with Crippen molar-refractivity contribution in [1.82, 2.24) is 4.98 Å². The van der Waals surface area contributed by atoms with Crippen molar-refractivity contribution in [3.05, 3.63) is 83.9 Å². The van der Waals surface area contributed by atoms with Crippen molar-refractivity contribution in [2.24, 2.45) is 0 Å². The molecule has 1 heterocycles. The van der Waals surface area contributed by atoms with Crippen LogP contribution >= 0.6 is 11.3 Å². The third-order valence-corrected chi connectivity index (χ3v) is 7.84. The van der Waals surface area contributed by atoms with Crippen LogP contribution in [0, 0.1) is 0 Å². The molecule has 32 heavy (non-hydrogen) atoms. The lowest BCUT2D eigenvalue weighted by molar-refractivity contribution is 0.0985. The van der Waals surface area contributed by atoms with Crippen LogP contribution in [0.5, 0.6) is 5.75 Å². The van der Waals surface area contributed by atoms with E-state index in [1.54, 1.807) is 31.1 Å². The molecule has 0 N–H and O–H groups in total. The number of thiazole rings is 1. The number of rotatable bonds is 7. The maximum atomic E-state index is 13.6. The Morgan fingerprint density at radius 1 is 1.03 bits per heavy atom. The predicted molar refractivity (Wildman–Crippen MR) is 127 cm³/mol. The molecule has 4 rings (SSSR count). The Bertz CT molecular complexity index is 1370. The Labute approximate surface area is 191 Å². The Morgan fingerprint density at radius 2 is 1.81 bits per heavy atom. The monoisotopic (exact) mass is 466 g/mol. The first-order valence-electron chi connectivity index (χ1n) is 10.0. The van der Waals surface area contributed by atoms with E-state index in [1.807, 2.05) is 48.5 Å². The largest absolute Gasteiger partial charge is 0.497 e. The normalized spacial score (nSPS) is 11.4. The Hall–Kier alpha value is -3.23. The topological polar surface area (TPSA) is 76.6 Å². The lowest BCUT2D eigenvalue weighted by atomic mass is 10.1. The Kier molecular flexibility index (Phi) is 6.25. The van der Waals surface area contributed by atoms with Crippen molar-refractivity contribution >= 4 is 42.4 Å². The minimum absolute atomic E-state index is 0.0297. The molecule has 164 valence electrons. The van der Waals surface area contributed by atoms with Gasteiger partial charge >= 0.3 is 0 Å². The first-order valence-corrected chi connectivity index (χ1v) is 12.5. The SMILES string of the molecule is CCS(=O)(=O)c1cccc(C(=O)N(Cc2ccccc2)c2nc3ccc(OC)cc3s2)c1. The number of anilines is 1. The number of carbonyl (C=O) groups excluding carboxylic acids is 1. The molecule has 3 aromatic carbocycles. The van der Waals surface area contributed by atoms with Crippen molar-refractivity contribution < 1.29 is 17.9 Å². The van der Waals surface area contributed by atoms with Crippen LogP contribution in [0.1, 0.15) is 22.8 Å². The van der Waals surface area contributed by atoms with Crippen LogP contribution in [-0.2, 0) is 16.4 Å². The summed E-state index contributed by atoms with van der Waals surface area (Å²) in [7, 11) is -1.83. The fourth-order valence-electron chi connectivity index (χ4n) is 3.27. The highest BCUT2D eigenvalue weighted by Gasteiger charge is 2.23. The second-order valence-electron chi connectivity index (χ2n) is 7.14. The molecule has 1 aromatic heterocycles. The van der Waals surface area contributed by atoms with Gasteiger partial charge in [-0.3, -0.25) is 9.69 Å². The minimum Gasteiger partial charge on any atom is -0.497 e. The molecule has 0 fully saturated rings. The maximum absolute atomic E-state index is 13.6. The van der Waals surface area contributed by atoms with E-state index >= 15 is 0 Å². The summed E-state index contributed by atoms with van der Waals surface area (Å²) in [5, 5.41) is 0.533. The Morgan fingerprint density at radius 3 is 2.53 bits per heavy atom. The molecule has 0 atom stereocenters. The first kappa shape index (κ1) is 22.0. The van der Waals surface area contributed by atoms with Gasteiger partial charge in [0.15, 0.2) is 15.0 Å². The zero-order valence-corrected chi connectivity index (χ0v) is 19.3. The van der Waals surface area contributed by atoms with E-state index < -0.39 is 9.84 Å². The number of amides is 1. The first-order chi connectivity index (χ1) is 15.4. The van der Waals surface area contributed by atoms with E-state index in [-0.39, 0.29) is 16.6 Å². The number of benzene rings is 3. The number of methoxy groups -OCH3 is 1. The predicted octanol–water partition coefficient (Wildman–Crippen LogP) is 4.95. The van der Waals surface area contributed by atoms with Crippen molar-refractivity contribution in [3.8, 4) is 5.75 Å². The standard InChI is InChI=1S/C24H22N2O4S2/c1-3-32(28,29)20-11-7-10-18(14-20)23(27)26(16-17-8-5-4-6-9-17)24-25-21-13-12-19(30-2)15-22(21)31-24/h4-15H,3,16H2,1-2H3. The van der Waals surface area contributed by atoms with Gasteiger partial charge in [0.25, 0.3) is 5.91 Å². The summed E-state index contributed by atoms with van der Waals surface area (Å²) >= 11 is 1.39. The molecule has 0 aliphatic rings. The molecular formula is C24H22N2O4S2. The summed E-state index contributed by atoms with van der Waals surface area (Å²) in [5.74, 6) is 0.372. The van der Waals surface area contributed by atoms with Crippen molar-refractivity contribution in [2.45, 2.75) is 18.4 Å². The lowest BCUT2D eigenvalue weighted by Gasteiger charge is -2.20. The zero-order valence-electron chi connectivity index (χ0n) is 17.7. The van der Waals surface area contributed by atoms with Gasteiger partial charge < -0.3 is 4.74 Å². The quantitative estimate of drug-likeness (QED) is 0.385. The summed E-state index contributed by atoms with van der Waals surface area (Å²) in [6.07, 6.45) is 0. The number of ether oxygens (including phenoxy) is 1. The molecule has 1 amide bonds. The Balaban J connectivity index is 1.78. The van der Waals surface area contributed by atoms with Crippen LogP contribution in [-0.4, -0.2) is 32.2 Å². The van der Waals surface area contributed by atoms with Gasteiger partial charge in [0.05, 0.1) is 34.5 Å². The van der Waals surface area contributed by atoms with Crippen molar-refractivity contribution in [1.29, 1.82) is 0 Å². The number of sulfone groups is 1. The summed E-state index contributed by atoms with van der Waals surface area (Å²) in [6, 6.07) is 21.4. The molecular weight excluding hydrogens is 444 g/mol. The van der Waals surface area contributed by atoms with Gasteiger partial charge in [-0.2, -0.15) is 0 Å². The highest BCUT2D eigenvalue weighted by molar-refractivity contribution is 7.91. The van der Waals surface area contributed by atoms with Gasteiger partial charge in [0, 0.05) is 5.56 Å². The van der Waals surface area contributed by atoms with Gasteiger partial charge in [-0.15, -0.1) is 0 Å². The summed E-state index contributed by atoms with van der Waals surface area (Å²) < 4.78 is 30.9. The molecule has 0 aliphatic carbocycles. The molecule has 6 nitrogen and oxygen atoms in total. The molecule has 8 heteroatoms. The third-order valence-electron chi connectivity index (χ3n) is 5.06. The van der Waals surface area contributed by atoms with Crippen LogP contribution in [0.2, 0.25) is 0 Å². The van der Waals surface area contributed by atoms with Crippen LogP contribution in [0.3, 0.4) is 0 Å². The van der Waals surface area contributed by atoms with E-state index in [9.17, 15) is 13.2 Å². The third kappa shape index (κ3) is 4.51. The van der Waals surface area contributed by atoms with E-state index in [4.69, 9.17) is 4.74 Å². The van der Waals surface area contributed by atoms with Gasteiger partial charge in [0.1, 0.15) is 5.75 Å². The summed E-state index contributed by atoms with van der Waals surface area (Å²) in [5.41, 5.74) is 2.00. The molecule has 4 aromatic rings. The van der Waals surface area contributed by atoms with E-state index in [1.165, 1.54) is 23.5 Å². The molecule has 0 radical (unpaired) electrons. The van der Waals surface area contributed by atoms with Gasteiger partial charge in [0.2, 0.25) is 0 Å². The molecule has 0 spiro atoms. The molecule has 0 unspecified atom stereocenters. The number of carbonyl (C=O) groups is 1. The van der Waals surface area contributed by atoms with Crippen LogP contribution in [0.15, 0.2) is 77.7 Å². The van der Waals surface area contributed by atoms with Crippen molar-refractivity contribution in [3.63, 3.8) is 0 Å².